The molecular weight excluding hydrogens is 212 g/mol. The quantitative estimate of drug-likeness (QED) is 0.777. The zero-order chi connectivity index (χ0) is 12.9. The van der Waals surface area contributed by atoms with Crippen molar-refractivity contribution in [2.75, 3.05) is 7.11 Å². The number of Topliss-reactive ketones (excluding diaryl/α,β-unsaturated/α-hetero) is 1. The maximum atomic E-state index is 11.8. The van der Waals surface area contributed by atoms with E-state index >= 15 is 0 Å². The van der Waals surface area contributed by atoms with Crippen LogP contribution in [0.15, 0.2) is 24.3 Å². The molecule has 0 heterocycles. The first-order valence-electron chi connectivity index (χ1n) is 6.09. The first-order valence-corrected chi connectivity index (χ1v) is 6.09. The lowest BCUT2D eigenvalue weighted by atomic mass is 9.87. The second-order valence-electron chi connectivity index (χ2n) is 5.38. The number of carbonyl (C=O) groups excluding carboxylic acids is 1. The van der Waals surface area contributed by atoms with E-state index in [9.17, 15) is 4.79 Å². The minimum Gasteiger partial charge on any atom is -0.497 e. The zero-order valence-electron chi connectivity index (χ0n) is 11.2. The van der Waals surface area contributed by atoms with Gasteiger partial charge in [0, 0.05) is 11.8 Å². The van der Waals surface area contributed by atoms with Gasteiger partial charge in [-0.3, -0.25) is 4.79 Å². The van der Waals surface area contributed by atoms with Crippen LogP contribution in [0.5, 0.6) is 5.75 Å². The van der Waals surface area contributed by atoms with E-state index in [0.29, 0.717) is 12.2 Å². The van der Waals surface area contributed by atoms with Gasteiger partial charge in [0.25, 0.3) is 0 Å². The summed E-state index contributed by atoms with van der Waals surface area (Å²) >= 11 is 0. The van der Waals surface area contributed by atoms with E-state index in [-0.39, 0.29) is 5.41 Å². The van der Waals surface area contributed by atoms with E-state index in [1.54, 1.807) is 7.11 Å². The van der Waals surface area contributed by atoms with Crippen LogP contribution in [0.25, 0.3) is 0 Å². The molecule has 0 spiro atoms. The molecule has 0 fully saturated rings. The Morgan fingerprint density at radius 3 is 2.59 bits per heavy atom. The van der Waals surface area contributed by atoms with Gasteiger partial charge in [-0.25, -0.2) is 0 Å². The van der Waals surface area contributed by atoms with E-state index in [2.05, 4.69) is 6.07 Å². The van der Waals surface area contributed by atoms with Crippen molar-refractivity contribution in [3.63, 3.8) is 0 Å². The Hall–Kier alpha value is -1.31. The summed E-state index contributed by atoms with van der Waals surface area (Å²) in [7, 11) is 1.67. The molecule has 0 atom stereocenters. The Morgan fingerprint density at radius 1 is 1.29 bits per heavy atom. The van der Waals surface area contributed by atoms with Crippen LogP contribution in [0, 0.1) is 5.41 Å². The monoisotopic (exact) mass is 234 g/mol. The number of ketones is 1. The molecule has 94 valence electrons. The Kier molecular flexibility index (Phi) is 4.73. The van der Waals surface area contributed by atoms with Crippen LogP contribution in [-0.4, -0.2) is 12.9 Å². The molecular formula is C15H22O2. The van der Waals surface area contributed by atoms with Gasteiger partial charge in [-0.05, 0) is 30.5 Å². The van der Waals surface area contributed by atoms with Gasteiger partial charge in [-0.2, -0.15) is 0 Å². The SMILES string of the molecule is COc1cccc(CCCC(=O)C(C)(C)C)c1. The molecule has 0 unspecified atom stereocenters. The molecule has 0 aliphatic heterocycles. The Bertz CT molecular complexity index is 375. The van der Waals surface area contributed by atoms with Gasteiger partial charge >= 0.3 is 0 Å². The summed E-state index contributed by atoms with van der Waals surface area (Å²) in [6.45, 7) is 5.92. The van der Waals surface area contributed by atoms with Gasteiger partial charge in [-0.15, -0.1) is 0 Å². The average molecular weight is 234 g/mol. The number of aryl methyl sites for hydroxylation is 1. The molecule has 0 bridgehead atoms. The van der Waals surface area contributed by atoms with Gasteiger partial charge in [0.05, 0.1) is 7.11 Å². The molecule has 0 aliphatic carbocycles. The second kappa shape index (κ2) is 5.85. The molecule has 0 amide bonds. The highest BCUT2D eigenvalue weighted by atomic mass is 16.5. The second-order valence-corrected chi connectivity index (χ2v) is 5.38. The third kappa shape index (κ3) is 4.59. The van der Waals surface area contributed by atoms with Crippen LogP contribution in [0.2, 0.25) is 0 Å². The average Bonchev–Trinajstić information content (AvgIpc) is 2.28. The highest BCUT2D eigenvalue weighted by molar-refractivity contribution is 5.83. The predicted molar refractivity (Wildman–Crippen MR) is 70.4 cm³/mol. The van der Waals surface area contributed by atoms with Gasteiger partial charge in [0.1, 0.15) is 11.5 Å². The van der Waals surface area contributed by atoms with Crippen LogP contribution in [-0.2, 0) is 11.2 Å². The number of carbonyl (C=O) groups is 1. The zero-order valence-corrected chi connectivity index (χ0v) is 11.2. The van der Waals surface area contributed by atoms with E-state index < -0.39 is 0 Å². The van der Waals surface area contributed by atoms with E-state index in [1.165, 1.54) is 5.56 Å². The third-order valence-corrected chi connectivity index (χ3v) is 2.84. The Labute approximate surface area is 104 Å². The summed E-state index contributed by atoms with van der Waals surface area (Å²) in [5.41, 5.74) is 1.01. The molecule has 2 nitrogen and oxygen atoms in total. The van der Waals surface area contributed by atoms with Crippen molar-refractivity contribution in [3.05, 3.63) is 29.8 Å². The summed E-state index contributed by atoms with van der Waals surface area (Å²) in [5, 5.41) is 0. The first-order chi connectivity index (χ1) is 7.93. The van der Waals surface area contributed by atoms with Crippen LogP contribution >= 0.6 is 0 Å². The Balaban J connectivity index is 2.43. The summed E-state index contributed by atoms with van der Waals surface area (Å²) in [5.74, 6) is 1.21. The van der Waals surface area contributed by atoms with Crippen LogP contribution in [0.3, 0.4) is 0 Å². The number of methoxy groups -OCH3 is 1. The molecule has 1 aromatic carbocycles. The minimum absolute atomic E-state index is 0.214. The first kappa shape index (κ1) is 13.8. The highest BCUT2D eigenvalue weighted by Gasteiger charge is 2.19. The largest absolute Gasteiger partial charge is 0.497 e. The topological polar surface area (TPSA) is 26.3 Å². The third-order valence-electron chi connectivity index (χ3n) is 2.84. The maximum Gasteiger partial charge on any atom is 0.138 e. The van der Waals surface area contributed by atoms with E-state index in [0.717, 1.165) is 18.6 Å². The summed E-state index contributed by atoms with van der Waals surface area (Å²) < 4.78 is 5.17. The van der Waals surface area contributed by atoms with Crippen molar-refractivity contribution in [1.29, 1.82) is 0 Å². The molecule has 0 aromatic heterocycles. The van der Waals surface area contributed by atoms with Gasteiger partial charge in [0.2, 0.25) is 0 Å². The fourth-order valence-corrected chi connectivity index (χ4v) is 1.66. The normalized spacial score (nSPS) is 11.3. The van der Waals surface area contributed by atoms with Crippen molar-refractivity contribution in [2.45, 2.75) is 40.0 Å². The maximum absolute atomic E-state index is 11.8. The van der Waals surface area contributed by atoms with Gasteiger partial charge in [0.15, 0.2) is 0 Å². The highest BCUT2D eigenvalue weighted by Crippen LogP contribution is 2.19. The number of rotatable bonds is 5. The standard InChI is InChI=1S/C15H22O2/c1-15(2,3)14(16)10-6-8-12-7-5-9-13(11-12)17-4/h5,7,9,11H,6,8,10H2,1-4H3. The smallest absolute Gasteiger partial charge is 0.138 e. The van der Waals surface area contributed by atoms with E-state index in [1.807, 2.05) is 39.0 Å². The predicted octanol–water partition coefficient (Wildman–Crippen LogP) is 3.63. The van der Waals surface area contributed by atoms with Gasteiger partial charge < -0.3 is 4.74 Å². The van der Waals surface area contributed by atoms with Crippen molar-refractivity contribution in [1.82, 2.24) is 0 Å². The lowest BCUT2D eigenvalue weighted by Crippen LogP contribution is -2.19. The molecule has 2 heteroatoms. The molecule has 0 N–H and O–H groups in total. The number of hydrogen-bond donors (Lipinski definition) is 0. The van der Waals surface area contributed by atoms with Crippen LogP contribution in [0.4, 0.5) is 0 Å². The Morgan fingerprint density at radius 2 is 2.00 bits per heavy atom. The molecule has 1 aromatic rings. The molecule has 0 saturated carbocycles. The summed E-state index contributed by atoms with van der Waals surface area (Å²) in [6.07, 6.45) is 2.49. The summed E-state index contributed by atoms with van der Waals surface area (Å²) in [6, 6.07) is 8.02. The lowest BCUT2D eigenvalue weighted by Gasteiger charge is -2.16. The number of benzene rings is 1. The van der Waals surface area contributed by atoms with Crippen LogP contribution in [0.1, 0.15) is 39.2 Å². The van der Waals surface area contributed by atoms with Crippen molar-refractivity contribution in [3.8, 4) is 5.75 Å². The van der Waals surface area contributed by atoms with Crippen molar-refractivity contribution < 1.29 is 9.53 Å². The number of ether oxygens (including phenoxy) is 1. The van der Waals surface area contributed by atoms with E-state index in [4.69, 9.17) is 4.74 Å². The molecule has 0 saturated heterocycles. The fraction of sp³-hybridized carbons (Fsp3) is 0.533. The lowest BCUT2D eigenvalue weighted by molar-refractivity contribution is -0.126. The van der Waals surface area contributed by atoms with Crippen molar-refractivity contribution in [2.24, 2.45) is 5.41 Å². The summed E-state index contributed by atoms with van der Waals surface area (Å²) in [4.78, 5) is 11.8. The minimum atomic E-state index is -0.214. The molecule has 17 heavy (non-hydrogen) atoms. The molecule has 1 rings (SSSR count). The van der Waals surface area contributed by atoms with Crippen molar-refractivity contribution >= 4 is 5.78 Å². The van der Waals surface area contributed by atoms with Gasteiger partial charge in [-0.1, -0.05) is 32.9 Å². The fourth-order valence-electron chi connectivity index (χ4n) is 1.66. The van der Waals surface area contributed by atoms with Crippen LogP contribution < -0.4 is 4.74 Å². The molecule has 0 aliphatic rings. The number of hydrogen-bond acceptors (Lipinski definition) is 2. The molecule has 0 radical (unpaired) electrons.